The first-order valence-corrected chi connectivity index (χ1v) is 6.52. The number of sulfonamides is 1. The maximum absolute atomic E-state index is 10.8. The summed E-state index contributed by atoms with van der Waals surface area (Å²) in [6.07, 6.45) is 1.60. The minimum Gasteiger partial charge on any atom is -0.545 e. The first kappa shape index (κ1) is 12.7. The van der Waals surface area contributed by atoms with Gasteiger partial charge in [0.1, 0.15) is 0 Å². The van der Waals surface area contributed by atoms with Gasteiger partial charge in [-0.25, -0.2) is 13.1 Å². The lowest BCUT2D eigenvalue weighted by molar-refractivity contribution is -0.255. The van der Waals surface area contributed by atoms with Gasteiger partial charge in [-0.3, -0.25) is 0 Å². The van der Waals surface area contributed by atoms with E-state index in [-0.39, 0.29) is 5.56 Å². The Bertz CT molecular complexity index is 464. The van der Waals surface area contributed by atoms with Gasteiger partial charge in [0, 0.05) is 6.54 Å². The fourth-order valence-corrected chi connectivity index (χ4v) is 1.66. The number of aromatic carboxylic acids is 1. The van der Waals surface area contributed by atoms with Crippen LogP contribution in [0.1, 0.15) is 15.9 Å². The highest BCUT2D eigenvalue weighted by Gasteiger charge is 2.00. The quantitative estimate of drug-likeness (QED) is 0.728. The molecule has 0 amide bonds. The number of nitrogens with one attached hydrogen (secondary N) is 1. The van der Waals surface area contributed by atoms with Gasteiger partial charge >= 0.3 is 0 Å². The number of hydrogen-bond donors (Lipinski definition) is 1. The molecule has 16 heavy (non-hydrogen) atoms. The number of hydrogen-bond acceptors (Lipinski definition) is 4. The zero-order valence-corrected chi connectivity index (χ0v) is 9.58. The predicted molar refractivity (Wildman–Crippen MR) is 57.3 cm³/mol. The van der Waals surface area contributed by atoms with Gasteiger partial charge in [0.25, 0.3) is 0 Å². The summed E-state index contributed by atoms with van der Waals surface area (Å²) >= 11 is 0. The first-order chi connectivity index (χ1) is 7.38. The van der Waals surface area contributed by atoms with E-state index in [1.807, 2.05) is 0 Å². The minimum absolute atomic E-state index is 0.111. The maximum Gasteiger partial charge on any atom is 0.208 e. The van der Waals surface area contributed by atoms with Gasteiger partial charge in [-0.2, -0.15) is 0 Å². The maximum atomic E-state index is 10.8. The second-order valence-corrected chi connectivity index (χ2v) is 5.23. The number of rotatable bonds is 5. The molecule has 0 atom stereocenters. The molecule has 1 aromatic carbocycles. The fourth-order valence-electron chi connectivity index (χ4n) is 1.19. The van der Waals surface area contributed by atoms with Crippen LogP contribution in [0.5, 0.6) is 0 Å². The topological polar surface area (TPSA) is 86.3 Å². The Morgan fingerprint density at radius 1 is 1.31 bits per heavy atom. The standard InChI is InChI=1S/C10H13NO4S/c1-16(14,15)11-7-6-8-2-4-9(5-3-8)10(12)13/h2-5,11H,6-7H2,1H3,(H,12,13)/p-1. The lowest BCUT2D eigenvalue weighted by Crippen LogP contribution is -2.24. The minimum atomic E-state index is -3.17. The Hall–Kier alpha value is -1.40. The van der Waals surface area contributed by atoms with Gasteiger partial charge in [-0.1, -0.05) is 24.3 Å². The summed E-state index contributed by atoms with van der Waals surface area (Å²) in [6, 6.07) is 6.14. The Labute approximate surface area is 94.2 Å². The third kappa shape index (κ3) is 4.41. The SMILES string of the molecule is CS(=O)(=O)NCCc1ccc(C(=O)[O-])cc1. The summed E-state index contributed by atoms with van der Waals surface area (Å²) < 4.78 is 23.9. The van der Waals surface area contributed by atoms with Crippen LogP contribution in [0, 0.1) is 0 Å². The summed E-state index contributed by atoms with van der Waals surface area (Å²) in [7, 11) is -3.17. The molecule has 1 N–H and O–H groups in total. The molecular formula is C10H12NO4S-. The number of benzene rings is 1. The van der Waals surface area contributed by atoms with E-state index in [2.05, 4.69) is 4.72 Å². The molecule has 0 bridgehead atoms. The van der Waals surface area contributed by atoms with Crippen LogP contribution >= 0.6 is 0 Å². The first-order valence-electron chi connectivity index (χ1n) is 4.63. The van der Waals surface area contributed by atoms with Crippen molar-refractivity contribution in [3.63, 3.8) is 0 Å². The van der Waals surface area contributed by atoms with E-state index >= 15 is 0 Å². The third-order valence-corrected chi connectivity index (χ3v) is 2.70. The van der Waals surface area contributed by atoms with Crippen molar-refractivity contribution in [2.24, 2.45) is 0 Å². The molecule has 0 spiro atoms. The van der Waals surface area contributed by atoms with Crippen LogP contribution < -0.4 is 9.83 Å². The normalized spacial score (nSPS) is 11.3. The largest absolute Gasteiger partial charge is 0.545 e. The molecule has 1 aromatic rings. The van der Waals surface area contributed by atoms with Gasteiger partial charge in [0.15, 0.2) is 0 Å². The van der Waals surface area contributed by atoms with Gasteiger partial charge in [-0.15, -0.1) is 0 Å². The third-order valence-electron chi connectivity index (χ3n) is 1.97. The van der Waals surface area contributed by atoms with Crippen molar-refractivity contribution < 1.29 is 18.3 Å². The van der Waals surface area contributed by atoms with E-state index in [0.717, 1.165) is 11.8 Å². The second kappa shape index (κ2) is 5.09. The molecule has 0 saturated heterocycles. The molecule has 0 unspecified atom stereocenters. The smallest absolute Gasteiger partial charge is 0.208 e. The summed E-state index contributed by atoms with van der Waals surface area (Å²) in [4.78, 5) is 10.5. The van der Waals surface area contributed by atoms with Crippen molar-refractivity contribution in [2.45, 2.75) is 6.42 Å². The van der Waals surface area contributed by atoms with Crippen LogP contribution in [0.15, 0.2) is 24.3 Å². The number of carbonyl (C=O) groups is 1. The van der Waals surface area contributed by atoms with Crippen LogP contribution in [0.2, 0.25) is 0 Å². The molecule has 88 valence electrons. The van der Waals surface area contributed by atoms with Crippen LogP contribution in [-0.4, -0.2) is 27.2 Å². The average Bonchev–Trinajstić information content (AvgIpc) is 2.16. The molecule has 6 heteroatoms. The van der Waals surface area contributed by atoms with Gasteiger partial charge in [0.2, 0.25) is 10.0 Å². The van der Waals surface area contributed by atoms with E-state index in [1.54, 1.807) is 12.1 Å². The average molecular weight is 242 g/mol. The Balaban J connectivity index is 2.53. The lowest BCUT2D eigenvalue weighted by Gasteiger charge is -2.05. The summed E-state index contributed by atoms with van der Waals surface area (Å²) in [5.41, 5.74) is 0.973. The van der Waals surface area contributed by atoms with Crippen molar-refractivity contribution in [1.29, 1.82) is 0 Å². The summed E-state index contributed by atoms with van der Waals surface area (Å²) in [5, 5.41) is 10.5. The molecule has 0 aliphatic carbocycles. The molecule has 0 fully saturated rings. The molecule has 0 aliphatic heterocycles. The van der Waals surface area contributed by atoms with Crippen molar-refractivity contribution in [1.82, 2.24) is 4.72 Å². The van der Waals surface area contributed by atoms with Crippen molar-refractivity contribution in [2.75, 3.05) is 12.8 Å². The van der Waals surface area contributed by atoms with Crippen LogP contribution in [0.25, 0.3) is 0 Å². The fraction of sp³-hybridized carbons (Fsp3) is 0.300. The Kier molecular flexibility index (Phi) is 4.03. The monoisotopic (exact) mass is 242 g/mol. The molecule has 0 aromatic heterocycles. The summed E-state index contributed by atoms with van der Waals surface area (Å²) in [6.45, 7) is 0.295. The van der Waals surface area contributed by atoms with Gasteiger partial charge in [-0.05, 0) is 17.5 Å². The molecule has 5 nitrogen and oxygen atoms in total. The van der Waals surface area contributed by atoms with E-state index in [0.29, 0.717) is 13.0 Å². The summed E-state index contributed by atoms with van der Waals surface area (Å²) in [5.74, 6) is -1.22. The number of carboxylic acids is 1. The van der Waals surface area contributed by atoms with E-state index < -0.39 is 16.0 Å². The van der Waals surface area contributed by atoms with Crippen molar-refractivity contribution >= 4 is 16.0 Å². The number of carbonyl (C=O) groups excluding carboxylic acids is 1. The van der Waals surface area contributed by atoms with E-state index in [1.165, 1.54) is 12.1 Å². The van der Waals surface area contributed by atoms with Crippen molar-refractivity contribution in [3.05, 3.63) is 35.4 Å². The highest BCUT2D eigenvalue weighted by Crippen LogP contribution is 2.04. The molecule has 0 heterocycles. The highest BCUT2D eigenvalue weighted by molar-refractivity contribution is 7.88. The highest BCUT2D eigenvalue weighted by atomic mass is 32.2. The molecule has 0 saturated carbocycles. The van der Waals surface area contributed by atoms with Crippen LogP contribution in [-0.2, 0) is 16.4 Å². The molecular weight excluding hydrogens is 230 g/mol. The molecule has 0 aliphatic rings. The molecule has 0 radical (unpaired) electrons. The Morgan fingerprint density at radius 2 is 1.88 bits per heavy atom. The zero-order chi connectivity index (χ0) is 12.2. The van der Waals surface area contributed by atoms with Crippen molar-refractivity contribution in [3.8, 4) is 0 Å². The molecule has 1 rings (SSSR count). The zero-order valence-electron chi connectivity index (χ0n) is 8.76. The van der Waals surface area contributed by atoms with Gasteiger partial charge < -0.3 is 9.90 Å². The Morgan fingerprint density at radius 3 is 2.31 bits per heavy atom. The van der Waals surface area contributed by atoms with E-state index in [4.69, 9.17) is 0 Å². The van der Waals surface area contributed by atoms with Gasteiger partial charge in [0.05, 0.1) is 12.2 Å². The number of carboxylic acid groups (broad SMARTS) is 1. The van der Waals surface area contributed by atoms with Crippen LogP contribution in [0.4, 0.5) is 0 Å². The predicted octanol–water partition coefficient (Wildman–Crippen LogP) is -0.858. The second-order valence-electron chi connectivity index (χ2n) is 3.40. The lowest BCUT2D eigenvalue weighted by atomic mass is 10.1. The van der Waals surface area contributed by atoms with E-state index in [9.17, 15) is 18.3 Å². The van der Waals surface area contributed by atoms with Crippen LogP contribution in [0.3, 0.4) is 0 Å².